The zero-order chi connectivity index (χ0) is 11.6. The minimum absolute atomic E-state index is 0.312. The van der Waals surface area contributed by atoms with Crippen LogP contribution in [-0.4, -0.2) is 18.3 Å². The van der Waals surface area contributed by atoms with E-state index in [9.17, 15) is 0 Å². The van der Waals surface area contributed by atoms with Gasteiger partial charge in [0.25, 0.3) is 0 Å². The Kier molecular flexibility index (Phi) is 7.68. The van der Waals surface area contributed by atoms with E-state index >= 15 is 0 Å². The van der Waals surface area contributed by atoms with Crippen molar-refractivity contribution in [1.29, 1.82) is 0 Å². The third-order valence-corrected chi connectivity index (χ3v) is 3.30. The Hall–Kier alpha value is -0.220. The van der Waals surface area contributed by atoms with Crippen molar-refractivity contribution in [1.82, 2.24) is 4.72 Å². The lowest BCUT2D eigenvalue weighted by Gasteiger charge is -2.03. The second-order valence-electron chi connectivity index (χ2n) is 3.59. The molecule has 0 aliphatic rings. The Morgan fingerprint density at radius 1 is 1.06 bits per heavy atom. The minimum atomic E-state index is 0.312. The molecule has 4 heteroatoms. The van der Waals surface area contributed by atoms with E-state index in [0.717, 1.165) is 30.8 Å². The number of halogens is 1. The van der Waals surface area contributed by atoms with Gasteiger partial charge in [-0.3, -0.25) is 4.72 Å². The highest BCUT2D eigenvalue weighted by molar-refractivity contribution is 7.97. The van der Waals surface area contributed by atoms with Crippen LogP contribution in [0.5, 0.6) is 0 Å². The number of unbranched alkanes of at least 4 members (excludes halogenated alkanes) is 3. The van der Waals surface area contributed by atoms with Gasteiger partial charge in [0, 0.05) is 23.1 Å². The van der Waals surface area contributed by atoms with Crippen molar-refractivity contribution in [3.63, 3.8) is 0 Å². The van der Waals surface area contributed by atoms with E-state index < -0.39 is 0 Å². The molecule has 0 aliphatic heterocycles. The molecule has 1 rings (SSSR count). The maximum absolute atomic E-state index is 8.61. The number of aliphatic hydroxyl groups excluding tert-OH is 1. The van der Waals surface area contributed by atoms with E-state index in [4.69, 9.17) is 16.7 Å². The average Bonchev–Trinajstić information content (AvgIpc) is 2.30. The molecule has 0 atom stereocenters. The van der Waals surface area contributed by atoms with E-state index in [1.54, 1.807) is 11.9 Å². The number of hydrogen-bond donors (Lipinski definition) is 2. The van der Waals surface area contributed by atoms with Crippen LogP contribution in [0.4, 0.5) is 0 Å². The molecule has 1 aromatic rings. The molecule has 2 N–H and O–H groups in total. The lowest BCUT2D eigenvalue weighted by atomic mass is 10.2. The fraction of sp³-hybridized carbons (Fsp3) is 0.500. The number of benzene rings is 1. The smallest absolute Gasteiger partial charge is 0.0431 e. The topological polar surface area (TPSA) is 32.3 Å². The van der Waals surface area contributed by atoms with E-state index in [1.807, 2.05) is 24.3 Å². The Morgan fingerprint density at radius 3 is 2.44 bits per heavy atom. The van der Waals surface area contributed by atoms with Gasteiger partial charge in [0.1, 0.15) is 0 Å². The first kappa shape index (κ1) is 13.8. The van der Waals surface area contributed by atoms with E-state index in [0.29, 0.717) is 6.61 Å². The predicted octanol–water partition coefficient (Wildman–Crippen LogP) is 3.49. The summed E-state index contributed by atoms with van der Waals surface area (Å²) in [6.07, 6.45) is 4.36. The van der Waals surface area contributed by atoms with Crippen LogP contribution in [-0.2, 0) is 0 Å². The highest BCUT2D eigenvalue weighted by Crippen LogP contribution is 2.17. The summed E-state index contributed by atoms with van der Waals surface area (Å²) in [5.74, 6) is 0. The van der Waals surface area contributed by atoms with Crippen LogP contribution in [0.3, 0.4) is 0 Å². The van der Waals surface area contributed by atoms with Crippen molar-refractivity contribution >= 4 is 23.5 Å². The first-order valence-corrected chi connectivity index (χ1v) is 6.78. The van der Waals surface area contributed by atoms with Gasteiger partial charge in [-0.15, -0.1) is 0 Å². The Morgan fingerprint density at radius 2 is 1.75 bits per heavy atom. The maximum atomic E-state index is 8.61. The van der Waals surface area contributed by atoms with Crippen LogP contribution in [0.15, 0.2) is 29.2 Å². The molecule has 0 spiro atoms. The van der Waals surface area contributed by atoms with Gasteiger partial charge in [-0.1, -0.05) is 24.4 Å². The highest BCUT2D eigenvalue weighted by atomic mass is 35.5. The fourth-order valence-electron chi connectivity index (χ4n) is 1.30. The summed E-state index contributed by atoms with van der Waals surface area (Å²) in [6.45, 7) is 1.31. The van der Waals surface area contributed by atoms with Gasteiger partial charge >= 0.3 is 0 Å². The van der Waals surface area contributed by atoms with Crippen LogP contribution in [0.2, 0.25) is 5.02 Å². The molecule has 0 fully saturated rings. The third-order valence-electron chi connectivity index (χ3n) is 2.19. The largest absolute Gasteiger partial charge is 0.396 e. The van der Waals surface area contributed by atoms with Crippen molar-refractivity contribution in [2.75, 3.05) is 13.2 Å². The molecule has 0 aliphatic carbocycles. The highest BCUT2D eigenvalue weighted by Gasteiger charge is 1.94. The molecule has 0 bridgehead atoms. The molecule has 16 heavy (non-hydrogen) atoms. The van der Waals surface area contributed by atoms with Gasteiger partial charge in [-0.25, -0.2) is 0 Å². The van der Waals surface area contributed by atoms with Crippen molar-refractivity contribution in [2.24, 2.45) is 0 Å². The van der Waals surface area contributed by atoms with Crippen molar-refractivity contribution < 1.29 is 5.11 Å². The summed E-state index contributed by atoms with van der Waals surface area (Å²) in [4.78, 5) is 1.18. The lowest BCUT2D eigenvalue weighted by molar-refractivity contribution is 0.282. The second-order valence-corrected chi connectivity index (χ2v) is 4.99. The molecule has 0 heterocycles. The summed E-state index contributed by atoms with van der Waals surface area (Å²) >= 11 is 7.43. The minimum Gasteiger partial charge on any atom is -0.396 e. The zero-order valence-electron chi connectivity index (χ0n) is 9.29. The number of nitrogens with one attached hydrogen (secondary N) is 1. The normalized spacial score (nSPS) is 10.6. The summed E-state index contributed by atoms with van der Waals surface area (Å²) in [5, 5.41) is 9.38. The molecular formula is C12H18ClNOS. The molecule has 0 saturated heterocycles. The van der Waals surface area contributed by atoms with Gasteiger partial charge in [0.15, 0.2) is 0 Å². The van der Waals surface area contributed by atoms with Gasteiger partial charge in [-0.05, 0) is 49.1 Å². The standard InChI is InChI=1S/C12H18ClNOS/c13-11-5-7-12(8-6-11)16-14-9-3-1-2-4-10-15/h5-8,14-15H,1-4,9-10H2. The monoisotopic (exact) mass is 259 g/mol. The molecule has 0 unspecified atom stereocenters. The second kappa shape index (κ2) is 8.88. The third kappa shape index (κ3) is 6.38. The van der Waals surface area contributed by atoms with Crippen LogP contribution in [0.25, 0.3) is 0 Å². The van der Waals surface area contributed by atoms with Crippen LogP contribution in [0, 0.1) is 0 Å². The molecular weight excluding hydrogens is 242 g/mol. The van der Waals surface area contributed by atoms with Gasteiger partial charge < -0.3 is 5.11 Å². The molecule has 0 saturated carbocycles. The van der Waals surface area contributed by atoms with Crippen molar-refractivity contribution in [2.45, 2.75) is 30.6 Å². The number of hydrogen-bond acceptors (Lipinski definition) is 3. The van der Waals surface area contributed by atoms with E-state index in [-0.39, 0.29) is 0 Å². The van der Waals surface area contributed by atoms with Gasteiger partial charge in [0.05, 0.1) is 0 Å². The summed E-state index contributed by atoms with van der Waals surface area (Å²) in [7, 11) is 0. The van der Waals surface area contributed by atoms with Crippen molar-refractivity contribution in [3.05, 3.63) is 29.3 Å². The summed E-state index contributed by atoms with van der Waals surface area (Å²) in [6, 6.07) is 7.80. The molecule has 90 valence electrons. The lowest BCUT2D eigenvalue weighted by Crippen LogP contribution is -2.05. The van der Waals surface area contributed by atoms with Crippen LogP contribution >= 0.6 is 23.5 Å². The average molecular weight is 260 g/mol. The summed E-state index contributed by atoms with van der Waals surface area (Å²) < 4.78 is 3.31. The first-order valence-electron chi connectivity index (χ1n) is 5.59. The van der Waals surface area contributed by atoms with Gasteiger partial charge in [-0.2, -0.15) is 0 Å². The van der Waals surface area contributed by atoms with Crippen LogP contribution < -0.4 is 4.72 Å². The number of aliphatic hydroxyl groups is 1. The SMILES string of the molecule is OCCCCCCNSc1ccc(Cl)cc1. The quantitative estimate of drug-likeness (QED) is 0.554. The maximum Gasteiger partial charge on any atom is 0.0431 e. The van der Waals surface area contributed by atoms with E-state index in [2.05, 4.69) is 4.72 Å². The van der Waals surface area contributed by atoms with Crippen molar-refractivity contribution in [3.8, 4) is 0 Å². The molecule has 2 nitrogen and oxygen atoms in total. The molecule has 1 aromatic carbocycles. The number of rotatable bonds is 8. The Bertz CT molecular complexity index is 279. The first-order chi connectivity index (χ1) is 7.83. The Labute approximate surface area is 107 Å². The predicted molar refractivity (Wildman–Crippen MR) is 70.9 cm³/mol. The summed E-state index contributed by atoms with van der Waals surface area (Å²) in [5.41, 5.74) is 0. The Balaban J connectivity index is 2.01. The molecule has 0 radical (unpaired) electrons. The molecule has 0 aromatic heterocycles. The van der Waals surface area contributed by atoms with E-state index in [1.165, 1.54) is 11.3 Å². The molecule has 0 amide bonds. The zero-order valence-corrected chi connectivity index (χ0v) is 10.9. The van der Waals surface area contributed by atoms with Crippen LogP contribution in [0.1, 0.15) is 25.7 Å². The fourth-order valence-corrected chi connectivity index (χ4v) is 2.11. The van der Waals surface area contributed by atoms with Gasteiger partial charge in [0.2, 0.25) is 0 Å².